The van der Waals surface area contributed by atoms with Crippen LogP contribution in [0.25, 0.3) is 0 Å². The minimum absolute atomic E-state index is 0.0446. The molecule has 0 unspecified atom stereocenters. The smallest absolute Gasteiger partial charge is 0.311 e. The van der Waals surface area contributed by atoms with Gasteiger partial charge in [0.05, 0.1) is 12.1 Å². The molecule has 2 saturated heterocycles. The molecule has 3 fully saturated rings. The third-order valence-electron chi connectivity index (χ3n) is 3.88. The van der Waals surface area contributed by atoms with E-state index in [2.05, 4.69) is 0 Å². The number of piperidine rings is 1. The molecule has 3 aliphatic rings. The van der Waals surface area contributed by atoms with Gasteiger partial charge in [-0.1, -0.05) is 0 Å². The molecule has 5 nitrogen and oxygen atoms in total. The van der Waals surface area contributed by atoms with Gasteiger partial charge in [-0.2, -0.15) is 0 Å². The predicted molar refractivity (Wildman–Crippen MR) is 45.7 cm³/mol. The molecular formula is C9H12N2O3. The zero-order valence-corrected chi connectivity index (χ0v) is 7.72. The Morgan fingerprint density at radius 1 is 1.50 bits per heavy atom. The van der Waals surface area contributed by atoms with E-state index in [1.54, 1.807) is 0 Å². The first-order valence-corrected chi connectivity index (χ1v) is 4.92. The van der Waals surface area contributed by atoms with E-state index in [4.69, 9.17) is 0 Å². The Hall–Kier alpha value is -1.10. The Morgan fingerprint density at radius 3 is 2.79 bits per heavy atom. The lowest BCUT2D eigenvalue weighted by Gasteiger charge is -2.33. The molecule has 1 N–H and O–H groups in total. The molecule has 14 heavy (non-hydrogen) atoms. The minimum Gasteiger partial charge on any atom is -0.311 e. The molecule has 0 aromatic carbocycles. The maximum atomic E-state index is 11.5. The molecule has 1 saturated carbocycles. The Morgan fingerprint density at radius 2 is 2.21 bits per heavy atom. The molecule has 2 aliphatic heterocycles. The Kier molecular flexibility index (Phi) is 1.34. The second-order valence-corrected chi connectivity index (χ2v) is 4.57. The van der Waals surface area contributed by atoms with E-state index < -0.39 is 6.03 Å². The van der Waals surface area contributed by atoms with E-state index >= 15 is 0 Å². The van der Waals surface area contributed by atoms with Crippen molar-refractivity contribution in [3.63, 3.8) is 0 Å². The summed E-state index contributed by atoms with van der Waals surface area (Å²) < 4.78 is 0. The quantitative estimate of drug-likeness (QED) is 0.482. The van der Waals surface area contributed by atoms with E-state index in [1.807, 2.05) is 0 Å². The van der Waals surface area contributed by atoms with E-state index in [1.165, 1.54) is 4.90 Å². The number of amides is 2. The number of fused-ring (bicyclic) bond motifs is 3. The number of carbonyl (C=O) groups excluding carboxylic acids is 2. The van der Waals surface area contributed by atoms with Crippen molar-refractivity contribution in [2.45, 2.75) is 31.3 Å². The van der Waals surface area contributed by atoms with Crippen molar-refractivity contribution in [1.29, 1.82) is 0 Å². The van der Waals surface area contributed by atoms with E-state index in [0.29, 0.717) is 6.54 Å². The maximum Gasteiger partial charge on any atom is 0.344 e. The summed E-state index contributed by atoms with van der Waals surface area (Å²) in [6, 6.07) is -0.805. The van der Waals surface area contributed by atoms with E-state index in [-0.39, 0.29) is 17.5 Å². The van der Waals surface area contributed by atoms with Crippen molar-refractivity contribution in [2.24, 2.45) is 5.41 Å². The van der Waals surface area contributed by atoms with E-state index in [0.717, 1.165) is 30.6 Å². The number of aldehydes is 1. The summed E-state index contributed by atoms with van der Waals surface area (Å²) in [5.74, 6) is 0. The number of hydrogen-bond donors (Lipinski definition) is 1. The second kappa shape index (κ2) is 2.28. The summed E-state index contributed by atoms with van der Waals surface area (Å²) in [4.78, 5) is 23.8. The molecular weight excluding hydrogens is 184 g/mol. The van der Waals surface area contributed by atoms with Gasteiger partial charge in [0.1, 0.15) is 6.29 Å². The molecule has 1 spiro atoms. The van der Waals surface area contributed by atoms with Crippen LogP contribution in [0.3, 0.4) is 0 Å². The number of hydroxylamine groups is 2. The number of nitrogens with zero attached hydrogens (tertiary/aromatic N) is 2. The molecule has 2 bridgehead atoms. The van der Waals surface area contributed by atoms with Crippen LogP contribution in [0.4, 0.5) is 4.79 Å². The van der Waals surface area contributed by atoms with Gasteiger partial charge in [-0.05, 0) is 24.7 Å². The summed E-state index contributed by atoms with van der Waals surface area (Å²) in [6.07, 6.45) is 3.61. The lowest BCUT2D eigenvalue weighted by molar-refractivity contribution is -0.113. The largest absolute Gasteiger partial charge is 0.344 e. The van der Waals surface area contributed by atoms with Crippen molar-refractivity contribution in [3.05, 3.63) is 0 Å². The molecule has 2 heterocycles. The van der Waals surface area contributed by atoms with Gasteiger partial charge in [-0.25, -0.2) is 9.86 Å². The van der Waals surface area contributed by atoms with Crippen LogP contribution in [-0.2, 0) is 4.79 Å². The van der Waals surface area contributed by atoms with Crippen molar-refractivity contribution in [2.75, 3.05) is 6.54 Å². The van der Waals surface area contributed by atoms with Crippen LogP contribution < -0.4 is 0 Å². The van der Waals surface area contributed by atoms with Gasteiger partial charge in [0.25, 0.3) is 0 Å². The fraction of sp³-hybridized carbons (Fsp3) is 0.778. The molecule has 2 atom stereocenters. The van der Waals surface area contributed by atoms with Gasteiger partial charge < -0.3 is 9.69 Å². The molecule has 76 valence electrons. The molecule has 0 radical (unpaired) electrons. The summed E-state index contributed by atoms with van der Waals surface area (Å²) in [7, 11) is 0. The second-order valence-electron chi connectivity index (χ2n) is 4.57. The van der Waals surface area contributed by atoms with Gasteiger partial charge in [-0.15, -0.1) is 0 Å². The highest BCUT2D eigenvalue weighted by Crippen LogP contribution is 2.58. The topological polar surface area (TPSA) is 60.9 Å². The number of hydrogen-bond acceptors (Lipinski definition) is 3. The third-order valence-corrected chi connectivity index (χ3v) is 3.88. The third kappa shape index (κ3) is 0.785. The van der Waals surface area contributed by atoms with Crippen LogP contribution in [0.5, 0.6) is 0 Å². The highest BCUT2D eigenvalue weighted by atomic mass is 16.5. The zero-order chi connectivity index (χ0) is 9.92. The fourth-order valence-corrected chi connectivity index (χ4v) is 2.82. The van der Waals surface area contributed by atoms with Crippen LogP contribution in [0.1, 0.15) is 19.3 Å². The summed E-state index contributed by atoms with van der Waals surface area (Å²) in [5, 5.41) is 10.4. The molecule has 0 aromatic heterocycles. The Bertz CT molecular complexity index is 313. The van der Waals surface area contributed by atoms with Gasteiger partial charge in [-0.3, -0.25) is 5.21 Å². The first-order chi connectivity index (χ1) is 6.68. The van der Waals surface area contributed by atoms with Gasteiger partial charge >= 0.3 is 6.03 Å². The van der Waals surface area contributed by atoms with Crippen LogP contribution in [0, 0.1) is 5.41 Å². The average Bonchev–Trinajstić information content (AvgIpc) is 2.91. The Balaban J connectivity index is 1.98. The van der Waals surface area contributed by atoms with E-state index in [9.17, 15) is 14.8 Å². The highest BCUT2D eigenvalue weighted by Gasteiger charge is 2.62. The minimum atomic E-state index is -0.407. The zero-order valence-electron chi connectivity index (χ0n) is 7.72. The highest BCUT2D eigenvalue weighted by molar-refractivity contribution is 5.81. The number of urea groups is 1. The van der Waals surface area contributed by atoms with Crippen molar-refractivity contribution >= 4 is 12.3 Å². The normalized spacial score (nSPS) is 37.9. The first kappa shape index (κ1) is 8.23. The fourth-order valence-electron chi connectivity index (χ4n) is 2.82. The van der Waals surface area contributed by atoms with Gasteiger partial charge in [0, 0.05) is 6.54 Å². The lowest BCUT2D eigenvalue weighted by atomic mass is 9.86. The SMILES string of the molecule is O=C[C@@H]1CC2(CC2)[C@@H]2CN1C(=O)N2O. The predicted octanol–water partition coefficient (Wildman–Crippen LogP) is 0.233. The Labute approximate surface area is 81.2 Å². The average molecular weight is 196 g/mol. The van der Waals surface area contributed by atoms with Crippen molar-refractivity contribution in [3.8, 4) is 0 Å². The monoisotopic (exact) mass is 196 g/mol. The summed E-state index contributed by atoms with van der Waals surface area (Å²) in [5.41, 5.74) is 0.0446. The van der Waals surface area contributed by atoms with Gasteiger partial charge in [0.15, 0.2) is 0 Å². The lowest BCUT2D eigenvalue weighted by Crippen LogP contribution is -2.46. The molecule has 3 rings (SSSR count). The summed E-state index contributed by atoms with van der Waals surface area (Å²) in [6.45, 7) is 0.513. The molecule has 5 heteroatoms. The van der Waals surface area contributed by atoms with Crippen LogP contribution in [0.15, 0.2) is 0 Å². The molecule has 1 aliphatic carbocycles. The first-order valence-electron chi connectivity index (χ1n) is 4.92. The van der Waals surface area contributed by atoms with Crippen LogP contribution >= 0.6 is 0 Å². The standard InChI is InChI=1S/C9H12N2O3/c12-5-6-3-9(1-2-9)7-4-10(6)8(13)11(7)14/h5-7,14H,1-4H2/t6-,7-/m0/s1. The maximum absolute atomic E-state index is 11.5. The van der Waals surface area contributed by atoms with Gasteiger partial charge in [0.2, 0.25) is 0 Å². The van der Waals surface area contributed by atoms with Crippen molar-refractivity contribution in [1.82, 2.24) is 9.96 Å². The van der Waals surface area contributed by atoms with Crippen LogP contribution in [0.2, 0.25) is 0 Å². The number of rotatable bonds is 1. The van der Waals surface area contributed by atoms with Crippen LogP contribution in [-0.4, -0.2) is 46.1 Å². The molecule has 0 aromatic rings. The summed E-state index contributed by atoms with van der Waals surface area (Å²) >= 11 is 0. The number of carbonyl (C=O) groups is 2. The molecule has 2 amide bonds. The van der Waals surface area contributed by atoms with Crippen molar-refractivity contribution < 1.29 is 14.8 Å².